The summed E-state index contributed by atoms with van der Waals surface area (Å²) >= 11 is 0. The molecule has 35 heavy (non-hydrogen) atoms. The second kappa shape index (κ2) is 15.2. The molecular weight excluding hydrogens is 441 g/mol. The lowest BCUT2D eigenvalue weighted by atomic mass is 9.77. The quantitative estimate of drug-likeness (QED) is 0.163. The first kappa shape index (κ1) is 30.1. The number of unbranched alkanes of at least 4 members (excludes halogenated alkanes) is 2. The fraction of sp³-hybridized carbons (Fsp3) is 0.636. The van der Waals surface area contributed by atoms with Gasteiger partial charge in [0.2, 0.25) is 0 Å². The van der Waals surface area contributed by atoms with E-state index in [0.29, 0.717) is 0 Å². The molecule has 0 fully saturated rings. The molecule has 1 aromatic rings. The second-order valence-electron chi connectivity index (χ2n) is 11.0. The van der Waals surface area contributed by atoms with Gasteiger partial charge in [0, 0.05) is 11.5 Å². The first-order valence-corrected chi connectivity index (χ1v) is 15.6. The summed E-state index contributed by atoms with van der Waals surface area (Å²) in [5, 5.41) is 1.44. The van der Waals surface area contributed by atoms with Gasteiger partial charge < -0.3 is 4.90 Å². The standard InChI is InChI=1S/C33H54NP/c1-9-16-32(34(10-2)11-3)19-13-12-14-22-33(8,31-21-20-27(5)28(6)24-31)29(7)35-25-30-18-15-17-26(4)23-30/h18,20-21,23-24,32,35H,7,9-17,19,22,25H2,1-6,8H3. The minimum atomic E-state index is 0.0621. The van der Waals surface area contributed by atoms with E-state index in [0.717, 1.165) is 20.8 Å². The van der Waals surface area contributed by atoms with Gasteiger partial charge in [0.05, 0.1) is 0 Å². The molecule has 1 aromatic carbocycles. The number of benzene rings is 1. The summed E-state index contributed by atoms with van der Waals surface area (Å²) in [6.07, 6.45) is 17.6. The molecular formula is C33H54NP. The summed E-state index contributed by atoms with van der Waals surface area (Å²) in [5.41, 5.74) is 7.37. The van der Waals surface area contributed by atoms with Gasteiger partial charge in [-0.2, -0.15) is 0 Å². The summed E-state index contributed by atoms with van der Waals surface area (Å²) in [4.78, 5) is 2.67. The number of rotatable bonds is 16. The predicted molar refractivity (Wildman–Crippen MR) is 161 cm³/mol. The van der Waals surface area contributed by atoms with E-state index in [4.69, 9.17) is 6.58 Å². The highest BCUT2D eigenvalue weighted by Gasteiger charge is 2.30. The maximum atomic E-state index is 4.71. The molecule has 2 rings (SSSR count). The van der Waals surface area contributed by atoms with Crippen molar-refractivity contribution in [2.75, 3.05) is 19.3 Å². The summed E-state index contributed by atoms with van der Waals surface area (Å²) in [6, 6.07) is 7.89. The van der Waals surface area contributed by atoms with Gasteiger partial charge in [0.25, 0.3) is 0 Å². The molecule has 0 saturated carbocycles. The Hall–Kier alpha value is -1.17. The van der Waals surface area contributed by atoms with Crippen LogP contribution >= 0.6 is 8.58 Å². The zero-order valence-corrected chi connectivity index (χ0v) is 25.1. The summed E-state index contributed by atoms with van der Waals surface area (Å²) in [5.74, 6) is 0. The Kier molecular flexibility index (Phi) is 13.0. The smallest absolute Gasteiger partial charge is 0.0170 e. The molecule has 3 atom stereocenters. The Morgan fingerprint density at radius 1 is 1.03 bits per heavy atom. The molecule has 0 N–H and O–H groups in total. The van der Waals surface area contributed by atoms with Crippen LogP contribution < -0.4 is 0 Å². The zero-order valence-electron chi connectivity index (χ0n) is 24.1. The van der Waals surface area contributed by atoms with Crippen LogP contribution in [0.15, 0.2) is 53.4 Å². The van der Waals surface area contributed by atoms with Gasteiger partial charge in [-0.3, -0.25) is 0 Å². The third-order valence-electron chi connectivity index (χ3n) is 8.36. The minimum Gasteiger partial charge on any atom is -0.301 e. The van der Waals surface area contributed by atoms with Crippen molar-refractivity contribution in [3.05, 3.63) is 70.1 Å². The largest absolute Gasteiger partial charge is 0.301 e. The molecule has 0 spiro atoms. The monoisotopic (exact) mass is 495 g/mol. The van der Waals surface area contributed by atoms with Crippen molar-refractivity contribution < 1.29 is 0 Å². The van der Waals surface area contributed by atoms with Gasteiger partial charge in [-0.25, -0.2) is 0 Å². The van der Waals surface area contributed by atoms with Crippen molar-refractivity contribution in [1.82, 2.24) is 4.90 Å². The number of aryl methyl sites for hydroxylation is 2. The molecule has 0 aromatic heterocycles. The highest BCUT2D eigenvalue weighted by molar-refractivity contribution is 7.43. The van der Waals surface area contributed by atoms with Crippen LogP contribution in [0.5, 0.6) is 0 Å². The Bertz CT molecular complexity index is 860. The predicted octanol–water partition coefficient (Wildman–Crippen LogP) is 9.88. The molecule has 1 nitrogen and oxygen atoms in total. The Balaban J connectivity index is 2.05. The average Bonchev–Trinajstić information content (AvgIpc) is 2.84. The van der Waals surface area contributed by atoms with Crippen LogP contribution in [0, 0.1) is 13.8 Å². The third kappa shape index (κ3) is 9.02. The van der Waals surface area contributed by atoms with Crippen LogP contribution in [0.2, 0.25) is 0 Å². The SMILES string of the molecule is C=C(PCC1=CCCC(C)=C1)C(C)(CCCCCC(CCC)N(CC)CC)c1ccc(C)c(C)c1. The number of allylic oxidation sites excluding steroid dienone is 5. The van der Waals surface area contributed by atoms with Gasteiger partial charge >= 0.3 is 0 Å². The average molecular weight is 496 g/mol. The molecule has 1 aliphatic carbocycles. The van der Waals surface area contributed by atoms with Crippen molar-refractivity contribution in [2.24, 2.45) is 0 Å². The lowest BCUT2D eigenvalue weighted by molar-refractivity contribution is 0.190. The highest BCUT2D eigenvalue weighted by Crippen LogP contribution is 2.46. The number of nitrogens with zero attached hydrogens (tertiary/aromatic N) is 1. The summed E-state index contributed by atoms with van der Waals surface area (Å²) in [6.45, 7) is 23.3. The molecule has 3 unspecified atom stereocenters. The molecule has 0 saturated heterocycles. The zero-order chi connectivity index (χ0) is 25.8. The molecule has 0 radical (unpaired) electrons. The lowest BCUT2D eigenvalue weighted by Crippen LogP contribution is -2.34. The van der Waals surface area contributed by atoms with E-state index in [1.807, 2.05) is 0 Å². The van der Waals surface area contributed by atoms with Crippen molar-refractivity contribution in [3.8, 4) is 0 Å². The van der Waals surface area contributed by atoms with E-state index in [1.54, 1.807) is 0 Å². The fourth-order valence-electron chi connectivity index (χ4n) is 5.63. The first-order chi connectivity index (χ1) is 16.7. The molecule has 196 valence electrons. The topological polar surface area (TPSA) is 3.24 Å². The van der Waals surface area contributed by atoms with Gasteiger partial charge in [-0.05, 0) is 99.7 Å². The molecule has 1 aliphatic rings. The van der Waals surface area contributed by atoms with Crippen molar-refractivity contribution >= 4 is 8.58 Å². The van der Waals surface area contributed by atoms with Crippen LogP contribution in [0.3, 0.4) is 0 Å². The van der Waals surface area contributed by atoms with Gasteiger partial charge in [-0.1, -0.05) is 104 Å². The van der Waals surface area contributed by atoms with Crippen molar-refractivity contribution in [1.29, 1.82) is 0 Å². The molecule has 0 aliphatic heterocycles. The summed E-state index contributed by atoms with van der Waals surface area (Å²) in [7, 11) is 0.788. The van der Waals surface area contributed by atoms with Crippen molar-refractivity contribution in [2.45, 2.75) is 118 Å². The first-order valence-electron chi connectivity index (χ1n) is 14.4. The third-order valence-corrected chi connectivity index (χ3v) is 9.92. The van der Waals surface area contributed by atoms with E-state index in [-0.39, 0.29) is 5.41 Å². The van der Waals surface area contributed by atoms with Crippen LogP contribution in [-0.2, 0) is 5.41 Å². The molecule has 2 heteroatoms. The number of hydrogen-bond donors (Lipinski definition) is 0. The summed E-state index contributed by atoms with van der Waals surface area (Å²) < 4.78 is 0. The Morgan fingerprint density at radius 2 is 1.77 bits per heavy atom. The lowest BCUT2D eigenvalue weighted by Gasteiger charge is -2.34. The van der Waals surface area contributed by atoms with Crippen LogP contribution in [0.1, 0.15) is 109 Å². The van der Waals surface area contributed by atoms with Gasteiger partial charge in [0.1, 0.15) is 0 Å². The molecule has 0 bridgehead atoms. The van der Waals surface area contributed by atoms with Crippen LogP contribution in [0.25, 0.3) is 0 Å². The Labute approximate surface area is 220 Å². The molecule has 0 heterocycles. The minimum absolute atomic E-state index is 0.0621. The van der Waals surface area contributed by atoms with Gasteiger partial charge in [0.15, 0.2) is 0 Å². The second-order valence-corrected chi connectivity index (χ2v) is 12.3. The van der Waals surface area contributed by atoms with E-state index >= 15 is 0 Å². The van der Waals surface area contributed by atoms with Crippen molar-refractivity contribution in [3.63, 3.8) is 0 Å². The molecule has 0 amide bonds. The van der Waals surface area contributed by atoms with E-state index in [9.17, 15) is 0 Å². The maximum Gasteiger partial charge on any atom is 0.0170 e. The van der Waals surface area contributed by atoms with E-state index in [2.05, 4.69) is 83.7 Å². The van der Waals surface area contributed by atoms with Gasteiger partial charge in [-0.15, -0.1) is 0 Å². The highest BCUT2D eigenvalue weighted by atomic mass is 31.1. The normalized spacial score (nSPS) is 16.9. The van der Waals surface area contributed by atoms with E-state index < -0.39 is 0 Å². The van der Waals surface area contributed by atoms with E-state index in [1.165, 1.54) is 104 Å². The van der Waals surface area contributed by atoms with Crippen LogP contribution in [0.4, 0.5) is 0 Å². The Morgan fingerprint density at radius 3 is 2.40 bits per heavy atom. The number of hydrogen-bond acceptors (Lipinski definition) is 1. The maximum absolute atomic E-state index is 4.71. The van der Waals surface area contributed by atoms with Crippen LogP contribution in [-0.4, -0.2) is 30.2 Å². The fourth-order valence-corrected chi connectivity index (χ4v) is 6.96.